The molecule has 1 heterocycles. The molecule has 0 radical (unpaired) electrons. The number of carbonyl (C=O) groups is 1. The minimum Gasteiger partial charge on any atom is -0.355 e. The van der Waals surface area contributed by atoms with Crippen molar-refractivity contribution in [1.29, 1.82) is 0 Å². The van der Waals surface area contributed by atoms with Crippen LogP contribution in [-0.4, -0.2) is 23.1 Å². The number of aromatic nitrogens is 2. The molecule has 0 aliphatic rings. The highest BCUT2D eigenvalue weighted by atomic mass is 35.5. The second-order valence-corrected chi connectivity index (χ2v) is 3.37. The highest BCUT2D eigenvalue weighted by Crippen LogP contribution is 2.16. The summed E-state index contributed by atoms with van der Waals surface area (Å²) in [5.74, 6) is 0.719. The molecule has 18 heavy (non-hydrogen) atoms. The number of halogens is 1. The zero-order valence-corrected chi connectivity index (χ0v) is 10.5. The standard InChI is InChI=1S/C11H12N4O2.ClH/c1-13-11(16)8-4-2-7(3-5-8)10-14-9(6-12)17-15-10;/h2-5H,6,12H2,1H3,(H,13,16);1H. The molecule has 0 aliphatic heterocycles. The largest absolute Gasteiger partial charge is 0.355 e. The quantitative estimate of drug-likeness (QED) is 0.865. The summed E-state index contributed by atoms with van der Waals surface area (Å²) in [7, 11) is 1.59. The van der Waals surface area contributed by atoms with Crippen molar-refractivity contribution in [3.05, 3.63) is 35.7 Å². The second kappa shape index (κ2) is 6.13. The van der Waals surface area contributed by atoms with Crippen molar-refractivity contribution in [1.82, 2.24) is 15.5 Å². The van der Waals surface area contributed by atoms with Crippen molar-refractivity contribution in [3.8, 4) is 11.4 Å². The van der Waals surface area contributed by atoms with Crippen molar-refractivity contribution in [3.63, 3.8) is 0 Å². The fourth-order valence-electron chi connectivity index (χ4n) is 1.37. The molecule has 1 aromatic carbocycles. The molecule has 6 nitrogen and oxygen atoms in total. The molecule has 0 spiro atoms. The number of nitrogens with one attached hydrogen (secondary N) is 1. The van der Waals surface area contributed by atoms with Gasteiger partial charge in [0.2, 0.25) is 11.7 Å². The molecular weight excluding hydrogens is 256 g/mol. The summed E-state index contributed by atoms with van der Waals surface area (Å²) in [4.78, 5) is 15.4. The van der Waals surface area contributed by atoms with E-state index in [2.05, 4.69) is 15.5 Å². The Morgan fingerprint density at radius 2 is 2.06 bits per heavy atom. The molecule has 7 heteroatoms. The summed E-state index contributed by atoms with van der Waals surface area (Å²) in [6.07, 6.45) is 0. The maximum Gasteiger partial charge on any atom is 0.251 e. The second-order valence-electron chi connectivity index (χ2n) is 3.37. The van der Waals surface area contributed by atoms with Crippen LogP contribution in [0.4, 0.5) is 0 Å². The summed E-state index contributed by atoms with van der Waals surface area (Å²) < 4.78 is 4.90. The molecule has 0 aliphatic carbocycles. The fraction of sp³-hybridized carbons (Fsp3) is 0.182. The first kappa shape index (κ1) is 14.1. The summed E-state index contributed by atoms with van der Waals surface area (Å²) in [5, 5.41) is 6.33. The van der Waals surface area contributed by atoms with E-state index in [1.54, 1.807) is 31.3 Å². The van der Waals surface area contributed by atoms with Gasteiger partial charge in [-0.25, -0.2) is 0 Å². The SMILES string of the molecule is CNC(=O)c1ccc(-c2noc(CN)n2)cc1.Cl. The average Bonchev–Trinajstić information content (AvgIpc) is 2.87. The molecule has 2 rings (SSSR count). The van der Waals surface area contributed by atoms with Crippen molar-refractivity contribution >= 4 is 18.3 Å². The summed E-state index contributed by atoms with van der Waals surface area (Å²) in [6.45, 7) is 0.212. The Kier molecular flexibility index (Phi) is 4.82. The van der Waals surface area contributed by atoms with E-state index in [0.717, 1.165) is 5.56 Å². The van der Waals surface area contributed by atoms with Gasteiger partial charge in [-0.2, -0.15) is 4.98 Å². The van der Waals surface area contributed by atoms with Crippen molar-refractivity contribution in [2.24, 2.45) is 5.73 Å². The first-order valence-electron chi connectivity index (χ1n) is 5.09. The normalized spacial score (nSPS) is 9.67. The van der Waals surface area contributed by atoms with Crippen LogP contribution in [0.2, 0.25) is 0 Å². The van der Waals surface area contributed by atoms with Crippen LogP contribution in [0, 0.1) is 0 Å². The summed E-state index contributed by atoms with van der Waals surface area (Å²) in [5.41, 5.74) is 6.73. The zero-order chi connectivity index (χ0) is 12.3. The average molecular weight is 269 g/mol. The monoisotopic (exact) mass is 268 g/mol. The van der Waals surface area contributed by atoms with Crippen LogP contribution in [-0.2, 0) is 6.54 Å². The molecule has 96 valence electrons. The van der Waals surface area contributed by atoms with Gasteiger partial charge < -0.3 is 15.6 Å². The third kappa shape index (κ3) is 2.85. The van der Waals surface area contributed by atoms with Gasteiger partial charge in [0, 0.05) is 18.2 Å². The number of rotatable bonds is 3. The number of nitrogens with zero attached hydrogens (tertiary/aromatic N) is 2. The van der Waals surface area contributed by atoms with Gasteiger partial charge in [0.1, 0.15) is 0 Å². The van der Waals surface area contributed by atoms with E-state index in [9.17, 15) is 4.79 Å². The number of carbonyl (C=O) groups excluding carboxylic acids is 1. The minimum atomic E-state index is -0.132. The van der Waals surface area contributed by atoms with Gasteiger partial charge in [-0.15, -0.1) is 12.4 Å². The molecule has 3 N–H and O–H groups in total. The lowest BCUT2D eigenvalue weighted by Gasteiger charge is -1.99. The van der Waals surface area contributed by atoms with Crippen molar-refractivity contribution < 1.29 is 9.32 Å². The van der Waals surface area contributed by atoms with Crippen molar-refractivity contribution in [2.45, 2.75) is 6.54 Å². The van der Waals surface area contributed by atoms with E-state index in [-0.39, 0.29) is 24.9 Å². The first-order valence-corrected chi connectivity index (χ1v) is 5.09. The Balaban J connectivity index is 0.00000162. The predicted octanol–water partition coefficient (Wildman–Crippen LogP) is 0.977. The highest BCUT2D eigenvalue weighted by Gasteiger charge is 2.08. The third-order valence-electron chi connectivity index (χ3n) is 2.28. The lowest BCUT2D eigenvalue weighted by molar-refractivity contribution is 0.0963. The zero-order valence-electron chi connectivity index (χ0n) is 9.71. The molecule has 0 saturated heterocycles. The van der Waals surface area contributed by atoms with Crippen LogP contribution >= 0.6 is 12.4 Å². The molecule has 1 aromatic heterocycles. The number of amides is 1. The predicted molar refractivity (Wildman–Crippen MR) is 68.3 cm³/mol. The van der Waals surface area contributed by atoms with Crippen LogP contribution in [0.3, 0.4) is 0 Å². The van der Waals surface area contributed by atoms with Gasteiger partial charge >= 0.3 is 0 Å². The lowest BCUT2D eigenvalue weighted by atomic mass is 10.1. The van der Waals surface area contributed by atoms with Crippen LogP contribution in [0.5, 0.6) is 0 Å². The van der Waals surface area contributed by atoms with Crippen molar-refractivity contribution in [2.75, 3.05) is 7.05 Å². The van der Waals surface area contributed by atoms with Gasteiger partial charge in [-0.1, -0.05) is 17.3 Å². The molecule has 2 aromatic rings. The smallest absolute Gasteiger partial charge is 0.251 e. The number of benzene rings is 1. The fourth-order valence-corrected chi connectivity index (χ4v) is 1.37. The Morgan fingerprint density at radius 3 is 2.56 bits per heavy atom. The Morgan fingerprint density at radius 1 is 1.39 bits per heavy atom. The van der Waals surface area contributed by atoms with Gasteiger partial charge in [0.15, 0.2) is 0 Å². The van der Waals surface area contributed by atoms with Crippen LogP contribution < -0.4 is 11.1 Å². The Labute approximate surface area is 110 Å². The van der Waals surface area contributed by atoms with E-state index < -0.39 is 0 Å². The number of nitrogens with two attached hydrogens (primary N) is 1. The third-order valence-corrected chi connectivity index (χ3v) is 2.28. The maximum absolute atomic E-state index is 11.3. The van der Waals surface area contributed by atoms with Gasteiger partial charge in [0.05, 0.1) is 6.54 Å². The molecule has 0 bridgehead atoms. The first-order chi connectivity index (χ1) is 8.24. The molecular formula is C11H13ClN4O2. The molecule has 0 unspecified atom stereocenters. The number of hydrogen-bond acceptors (Lipinski definition) is 5. The lowest BCUT2D eigenvalue weighted by Crippen LogP contribution is -2.17. The van der Waals surface area contributed by atoms with E-state index in [1.165, 1.54) is 0 Å². The molecule has 1 amide bonds. The maximum atomic E-state index is 11.3. The van der Waals surface area contributed by atoms with Gasteiger partial charge in [-0.05, 0) is 12.1 Å². The Hall–Kier alpha value is -1.92. The molecule has 0 fully saturated rings. The van der Waals surface area contributed by atoms with Gasteiger partial charge in [0.25, 0.3) is 5.91 Å². The van der Waals surface area contributed by atoms with E-state index in [0.29, 0.717) is 17.3 Å². The molecule has 0 saturated carbocycles. The van der Waals surface area contributed by atoms with E-state index >= 15 is 0 Å². The van der Waals surface area contributed by atoms with Crippen LogP contribution in [0.1, 0.15) is 16.2 Å². The number of hydrogen-bond donors (Lipinski definition) is 2. The van der Waals surface area contributed by atoms with Gasteiger partial charge in [-0.3, -0.25) is 4.79 Å². The highest BCUT2D eigenvalue weighted by molar-refractivity contribution is 5.94. The topological polar surface area (TPSA) is 94.0 Å². The minimum absolute atomic E-state index is 0. The van der Waals surface area contributed by atoms with E-state index in [4.69, 9.17) is 10.3 Å². The van der Waals surface area contributed by atoms with Crippen LogP contribution in [0.25, 0.3) is 11.4 Å². The molecule has 0 atom stereocenters. The summed E-state index contributed by atoms with van der Waals surface area (Å²) in [6, 6.07) is 6.92. The summed E-state index contributed by atoms with van der Waals surface area (Å²) >= 11 is 0. The Bertz CT molecular complexity index is 524. The van der Waals surface area contributed by atoms with Crippen LogP contribution in [0.15, 0.2) is 28.8 Å². The van der Waals surface area contributed by atoms with E-state index in [1.807, 2.05) is 0 Å².